The third-order valence-electron chi connectivity index (χ3n) is 2.40. The fraction of sp³-hybridized carbons (Fsp3) is 0.333. The Hall–Kier alpha value is -0.780. The van der Waals surface area contributed by atoms with Gasteiger partial charge in [0, 0.05) is 22.1 Å². The molecule has 5 heteroatoms. The van der Waals surface area contributed by atoms with Gasteiger partial charge in [-0.15, -0.1) is 11.3 Å². The molecule has 0 radical (unpaired) electrons. The van der Waals surface area contributed by atoms with Crippen LogP contribution in [-0.4, -0.2) is 9.97 Å². The minimum atomic E-state index is 0.559. The van der Waals surface area contributed by atoms with Gasteiger partial charge in [-0.2, -0.15) is 0 Å². The Kier molecular flexibility index (Phi) is 4.25. The summed E-state index contributed by atoms with van der Waals surface area (Å²) in [6.07, 6.45) is 3.86. The summed E-state index contributed by atoms with van der Waals surface area (Å²) in [5, 5.41) is 0.960. The van der Waals surface area contributed by atoms with Gasteiger partial charge >= 0.3 is 0 Å². The number of hydrogen-bond donors (Lipinski definition) is 1. The zero-order chi connectivity index (χ0) is 12.3. The molecule has 0 aliphatic heterocycles. The lowest BCUT2D eigenvalue weighted by atomic mass is 10.2. The summed E-state index contributed by atoms with van der Waals surface area (Å²) in [7, 11) is 0. The quantitative estimate of drug-likeness (QED) is 0.941. The highest BCUT2D eigenvalue weighted by Crippen LogP contribution is 2.27. The fourth-order valence-corrected chi connectivity index (χ4v) is 2.78. The highest BCUT2D eigenvalue weighted by atomic mass is 79.9. The van der Waals surface area contributed by atoms with E-state index in [0.29, 0.717) is 6.54 Å². The first-order valence-electron chi connectivity index (χ1n) is 5.55. The van der Waals surface area contributed by atoms with Crippen LogP contribution in [0.1, 0.15) is 23.9 Å². The molecule has 0 saturated carbocycles. The Balaban J connectivity index is 2.35. The predicted molar refractivity (Wildman–Crippen MR) is 74.9 cm³/mol. The van der Waals surface area contributed by atoms with Crippen LogP contribution in [0.2, 0.25) is 0 Å². The summed E-state index contributed by atoms with van der Waals surface area (Å²) in [6.45, 7) is 2.71. The van der Waals surface area contributed by atoms with Crippen LogP contribution in [0.4, 0.5) is 0 Å². The molecule has 0 aliphatic carbocycles. The predicted octanol–water partition coefficient (Wildman–Crippen LogP) is 3.38. The summed E-state index contributed by atoms with van der Waals surface area (Å²) in [5.41, 5.74) is 7.78. The van der Waals surface area contributed by atoms with E-state index in [0.717, 1.165) is 33.7 Å². The Morgan fingerprint density at radius 3 is 2.82 bits per heavy atom. The van der Waals surface area contributed by atoms with E-state index in [2.05, 4.69) is 32.8 Å². The molecule has 0 amide bonds. The summed E-state index contributed by atoms with van der Waals surface area (Å²) < 4.78 is 0.977. The van der Waals surface area contributed by atoms with Crippen LogP contribution in [0.25, 0.3) is 10.7 Å². The minimum absolute atomic E-state index is 0.559. The number of nitrogens with two attached hydrogens (primary N) is 1. The van der Waals surface area contributed by atoms with Crippen LogP contribution in [0.3, 0.4) is 0 Å². The highest BCUT2D eigenvalue weighted by molar-refractivity contribution is 9.10. The Bertz CT molecular complexity index is 493. The summed E-state index contributed by atoms with van der Waals surface area (Å²) in [4.78, 5) is 10.2. The second-order valence-electron chi connectivity index (χ2n) is 3.70. The van der Waals surface area contributed by atoms with Gasteiger partial charge in [0.1, 0.15) is 5.01 Å². The van der Waals surface area contributed by atoms with Gasteiger partial charge in [0.15, 0.2) is 0 Å². The summed E-state index contributed by atoms with van der Waals surface area (Å²) in [6, 6.07) is 3.95. The van der Waals surface area contributed by atoms with Crippen LogP contribution in [0, 0.1) is 0 Å². The van der Waals surface area contributed by atoms with Crippen LogP contribution in [0.15, 0.2) is 22.8 Å². The second-order valence-corrected chi connectivity index (χ2v) is 5.70. The number of rotatable bonds is 4. The molecule has 0 atom stereocenters. The highest BCUT2D eigenvalue weighted by Gasteiger charge is 2.11. The normalized spacial score (nSPS) is 10.8. The average molecular weight is 312 g/mol. The number of hydrogen-bond acceptors (Lipinski definition) is 4. The van der Waals surface area contributed by atoms with Gasteiger partial charge in [-0.3, -0.25) is 4.98 Å². The molecule has 0 aromatic carbocycles. The third kappa shape index (κ3) is 2.91. The number of aromatic nitrogens is 2. The summed E-state index contributed by atoms with van der Waals surface area (Å²) in [5.74, 6) is 0. The van der Waals surface area contributed by atoms with Crippen LogP contribution in [0.5, 0.6) is 0 Å². The van der Waals surface area contributed by atoms with E-state index >= 15 is 0 Å². The average Bonchev–Trinajstić information content (AvgIpc) is 2.74. The maximum atomic E-state index is 5.74. The number of aryl methyl sites for hydroxylation is 1. The van der Waals surface area contributed by atoms with Crippen LogP contribution in [-0.2, 0) is 13.0 Å². The van der Waals surface area contributed by atoms with E-state index in [1.165, 1.54) is 4.88 Å². The zero-order valence-electron chi connectivity index (χ0n) is 9.61. The number of halogens is 1. The number of pyridine rings is 1. The van der Waals surface area contributed by atoms with Gasteiger partial charge in [-0.05, 0) is 34.5 Å². The van der Waals surface area contributed by atoms with E-state index < -0.39 is 0 Å². The first-order chi connectivity index (χ1) is 8.24. The van der Waals surface area contributed by atoms with Crippen LogP contribution >= 0.6 is 27.3 Å². The molecule has 2 N–H and O–H groups in total. The van der Waals surface area contributed by atoms with Gasteiger partial charge in [0.05, 0.1) is 11.4 Å². The molecule has 3 nitrogen and oxygen atoms in total. The van der Waals surface area contributed by atoms with Crippen molar-refractivity contribution in [2.45, 2.75) is 26.3 Å². The smallest absolute Gasteiger partial charge is 0.142 e. The van der Waals surface area contributed by atoms with Crippen molar-refractivity contribution < 1.29 is 0 Å². The number of thiazole rings is 1. The minimum Gasteiger partial charge on any atom is -0.326 e. The Morgan fingerprint density at radius 1 is 1.41 bits per heavy atom. The van der Waals surface area contributed by atoms with Gasteiger partial charge < -0.3 is 5.73 Å². The fourth-order valence-electron chi connectivity index (χ4n) is 1.59. The van der Waals surface area contributed by atoms with Crippen molar-refractivity contribution in [3.63, 3.8) is 0 Å². The van der Waals surface area contributed by atoms with Gasteiger partial charge in [-0.1, -0.05) is 13.3 Å². The molecule has 0 bridgehead atoms. The van der Waals surface area contributed by atoms with Gasteiger partial charge in [0.25, 0.3) is 0 Å². The molecule has 2 heterocycles. The molecule has 0 aliphatic rings. The van der Waals surface area contributed by atoms with Crippen LogP contribution < -0.4 is 5.73 Å². The van der Waals surface area contributed by atoms with Gasteiger partial charge in [0.2, 0.25) is 0 Å². The Morgan fingerprint density at radius 2 is 2.24 bits per heavy atom. The SMILES string of the molecule is CCCc1nc(-c2ccc(Br)cn2)sc1CN. The molecule has 0 spiro atoms. The lowest BCUT2D eigenvalue weighted by Crippen LogP contribution is -1.97. The van der Waals surface area contributed by atoms with E-state index in [4.69, 9.17) is 5.73 Å². The first kappa shape index (κ1) is 12.7. The molecule has 2 aromatic rings. The standard InChI is InChI=1S/C12H14BrN3S/c1-2-3-9-11(6-14)17-12(16-9)10-5-4-8(13)7-15-10/h4-5,7H,2-3,6,14H2,1H3. The van der Waals surface area contributed by atoms with E-state index in [-0.39, 0.29) is 0 Å². The Labute approximate surface area is 113 Å². The first-order valence-corrected chi connectivity index (χ1v) is 7.16. The third-order valence-corrected chi connectivity index (χ3v) is 4.01. The molecule has 2 aromatic heterocycles. The lowest BCUT2D eigenvalue weighted by molar-refractivity contribution is 0.871. The number of nitrogens with zero attached hydrogens (tertiary/aromatic N) is 2. The van der Waals surface area contributed by atoms with E-state index in [9.17, 15) is 0 Å². The zero-order valence-corrected chi connectivity index (χ0v) is 12.0. The lowest BCUT2D eigenvalue weighted by Gasteiger charge is -1.95. The van der Waals surface area contributed by atoms with Crippen molar-refractivity contribution in [2.75, 3.05) is 0 Å². The van der Waals surface area contributed by atoms with E-state index in [1.807, 2.05) is 12.1 Å². The molecule has 0 unspecified atom stereocenters. The monoisotopic (exact) mass is 311 g/mol. The molecule has 90 valence electrons. The molecule has 0 fully saturated rings. The van der Waals surface area contributed by atoms with Crippen molar-refractivity contribution in [3.8, 4) is 10.7 Å². The molecule has 0 saturated heterocycles. The second kappa shape index (κ2) is 5.71. The summed E-state index contributed by atoms with van der Waals surface area (Å²) >= 11 is 5.02. The molecule has 2 rings (SSSR count). The van der Waals surface area contributed by atoms with Crippen molar-refractivity contribution in [1.29, 1.82) is 0 Å². The molecular weight excluding hydrogens is 298 g/mol. The van der Waals surface area contributed by atoms with Crippen molar-refractivity contribution in [2.24, 2.45) is 5.73 Å². The van der Waals surface area contributed by atoms with Crippen molar-refractivity contribution in [1.82, 2.24) is 9.97 Å². The van der Waals surface area contributed by atoms with E-state index in [1.54, 1.807) is 17.5 Å². The topological polar surface area (TPSA) is 51.8 Å². The van der Waals surface area contributed by atoms with Crippen molar-refractivity contribution >= 4 is 27.3 Å². The van der Waals surface area contributed by atoms with Crippen molar-refractivity contribution in [3.05, 3.63) is 33.4 Å². The maximum absolute atomic E-state index is 5.74. The molecule has 17 heavy (non-hydrogen) atoms. The van der Waals surface area contributed by atoms with Gasteiger partial charge in [-0.25, -0.2) is 4.98 Å². The maximum Gasteiger partial charge on any atom is 0.142 e. The largest absolute Gasteiger partial charge is 0.326 e. The molecular formula is C12H14BrN3S.